The summed E-state index contributed by atoms with van der Waals surface area (Å²) in [4.78, 5) is 35.6. The molecule has 0 saturated carbocycles. The molecule has 0 atom stereocenters. The maximum absolute atomic E-state index is 11.9. The Morgan fingerprint density at radius 1 is 1.30 bits per heavy atom. The lowest BCUT2D eigenvalue weighted by atomic mass is 10.2. The number of nitrogens with zero attached hydrogens (tertiary/aromatic N) is 2. The van der Waals surface area contributed by atoms with Crippen LogP contribution in [0.5, 0.6) is 0 Å². The van der Waals surface area contributed by atoms with Gasteiger partial charge in [0.25, 0.3) is 0 Å². The van der Waals surface area contributed by atoms with Gasteiger partial charge in [-0.2, -0.15) is 5.26 Å². The molecule has 7 nitrogen and oxygen atoms in total. The molecule has 1 fully saturated rings. The molecule has 1 aliphatic rings. The Bertz CT molecular complexity index is 590. The molecular weight excluding hydrogens is 260 g/mol. The minimum absolute atomic E-state index is 0.000936. The second kappa shape index (κ2) is 5.95. The normalized spacial score (nSPS) is 15.3. The molecule has 102 valence electrons. The van der Waals surface area contributed by atoms with E-state index in [-0.39, 0.29) is 25.5 Å². The summed E-state index contributed by atoms with van der Waals surface area (Å²) in [6, 6.07) is 8.58. The summed E-state index contributed by atoms with van der Waals surface area (Å²) in [7, 11) is 0. The van der Waals surface area contributed by atoms with Gasteiger partial charge >= 0.3 is 0 Å². The number of para-hydroxylation sites is 1. The Balaban J connectivity index is 1.97. The molecule has 1 aliphatic heterocycles. The quantitative estimate of drug-likeness (QED) is 0.719. The van der Waals surface area contributed by atoms with Gasteiger partial charge in [-0.05, 0) is 12.1 Å². The van der Waals surface area contributed by atoms with Crippen molar-refractivity contribution in [2.75, 3.05) is 25.0 Å². The molecule has 7 heteroatoms. The average molecular weight is 272 g/mol. The van der Waals surface area contributed by atoms with Crippen LogP contribution in [0.15, 0.2) is 24.3 Å². The van der Waals surface area contributed by atoms with Crippen molar-refractivity contribution < 1.29 is 14.4 Å². The molecule has 0 bridgehead atoms. The first kappa shape index (κ1) is 13.7. The van der Waals surface area contributed by atoms with Gasteiger partial charge in [0.1, 0.15) is 6.07 Å². The number of hydrogen-bond acceptors (Lipinski definition) is 5. The third kappa shape index (κ3) is 3.40. The molecule has 0 spiro atoms. The summed E-state index contributed by atoms with van der Waals surface area (Å²) in [5.41, 5.74) is 0.765. The van der Waals surface area contributed by atoms with Crippen molar-refractivity contribution in [3.63, 3.8) is 0 Å². The lowest BCUT2D eigenvalue weighted by molar-refractivity contribution is -0.136. The van der Waals surface area contributed by atoms with E-state index in [1.54, 1.807) is 24.3 Å². The Labute approximate surface area is 115 Å². The Kier molecular flexibility index (Phi) is 4.08. The van der Waals surface area contributed by atoms with E-state index in [1.165, 1.54) is 4.90 Å². The van der Waals surface area contributed by atoms with E-state index in [1.807, 2.05) is 6.07 Å². The number of rotatable bonds is 3. The first-order chi connectivity index (χ1) is 9.58. The van der Waals surface area contributed by atoms with Crippen molar-refractivity contribution in [3.05, 3.63) is 29.8 Å². The highest BCUT2D eigenvalue weighted by molar-refractivity contribution is 6.00. The van der Waals surface area contributed by atoms with E-state index in [2.05, 4.69) is 10.6 Å². The van der Waals surface area contributed by atoms with Crippen LogP contribution in [0.4, 0.5) is 5.69 Å². The van der Waals surface area contributed by atoms with E-state index in [0.717, 1.165) is 0 Å². The molecule has 1 aromatic rings. The minimum Gasteiger partial charge on any atom is -0.324 e. The van der Waals surface area contributed by atoms with Crippen LogP contribution in [-0.4, -0.2) is 42.3 Å². The first-order valence-electron chi connectivity index (χ1n) is 5.92. The van der Waals surface area contributed by atoms with Crippen molar-refractivity contribution in [1.29, 1.82) is 5.26 Å². The van der Waals surface area contributed by atoms with Crippen LogP contribution >= 0.6 is 0 Å². The van der Waals surface area contributed by atoms with Crippen LogP contribution in [0.1, 0.15) is 5.56 Å². The summed E-state index contributed by atoms with van der Waals surface area (Å²) in [5.74, 6) is -1.23. The molecule has 2 rings (SSSR count). The van der Waals surface area contributed by atoms with Gasteiger partial charge in [-0.1, -0.05) is 12.1 Å². The maximum atomic E-state index is 11.9. The van der Waals surface area contributed by atoms with Crippen LogP contribution in [0.25, 0.3) is 0 Å². The number of amides is 3. The van der Waals surface area contributed by atoms with E-state index in [0.29, 0.717) is 11.3 Å². The van der Waals surface area contributed by atoms with E-state index < -0.39 is 11.8 Å². The van der Waals surface area contributed by atoms with Crippen molar-refractivity contribution in [2.24, 2.45) is 0 Å². The van der Waals surface area contributed by atoms with Crippen molar-refractivity contribution in [1.82, 2.24) is 10.2 Å². The van der Waals surface area contributed by atoms with Gasteiger partial charge in [0, 0.05) is 0 Å². The average Bonchev–Trinajstić information content (AvgIpc) is 2.37. The molecule has 1 aromatic carbocycles. The van der Waals surface area contributed by atoms with Gasteiger partial charge in [-0.3, -0.25) is 24.6 Å². The highest BCUT2D eigenvalue weighted by Gasteiger charge is 2.24. The largest absolute Gasteiger partial charge is 0.324 e. The van der Waals surface area contributed by atoms with Crippen LogP contribution in [0, 0.1) is 11.3 Å². The highest BCUT2D eigenvalue weighted by Crippen LogP contribution is 2.13. The number of piperazine rings is 1. The van der Waals surface area contributed by atoms with Crippen molar-refractivity contribution in [2.45, 2.75) is 0 Å². The fourth-order valence-corrected chi connectivity index (χ4v) is 1.89. The highest BCUT2D eigenvalue weighted by atomic mass is 16.2. The zero-order chi connectivity index (χ0) is 14.5. The second-order valence-electron chi connectivity index (χ2n) is 4.32. The summed E-state index contributed by atoms with van der Waals surface area (Å²) < 4.78 is 0. The number of anilines is 1. The van der Waals surface area contributed by atoms with E-state index in [4.69, 9.17) is 5.26 Å². The maximum Gasteiger partial charge on any atom is 0.240 e. The van der Waals surface area contributed by atoms with Gasteiger partial charge in [0.05, 0.1) is 30.9 Å². The van der Waals surface area contributed by atoms with Gasteiger partial charge < -0.3 is 5.32 Å². The summed E-state index contributed by atoms with van der Waals surface area (Å²) in [5, 5.41) is 13.7. The number of nitrogens with one attached hydrogen (secondary N) is 2. The van der Waals surface area contributed by atoms with Crippen molar-refractivity contribution >= 4 is 23.4 Å². The summed E-state index contributed by atoms with van der Waals surface area (Å²) in [6.45, 7) is -0.0863. The molecule has 0 aromatic heterocycles. The number of hydrogen-bond donors (Lipinski definition) is 2. The predicted octanol–water partition coefficient (Wildman–Crippen LogP) is -0.545. The Morgan fingerprint density at radius 2 is 1.95 bits per heavy atom. The topological polar surface area (TPSA) is 102 Å². The number of nitriles is 1. The zero-order valence-electron chi connectivity index (χ0n) is 10.5. The molecular formula is C13H12N4O3. The third-order valence-corrected chi connectivity index (χ3v) is 2.70. The number of carbonyl (C=O) groups is 3. The molecule has 20 heavy (non-hydrogen) atoms. The molecule has 2 N–H and O–H groups in total. The van der Waals surface area contributed by atoms with E-state index in [9.17, 15) is 14.4 Å². The third-order valence-electron chi connectivity index (χ3n) is 2.70. The molecule has 0 unspecified atom stereocenters. The SMILES string of the molecule is N#Cc1ccccc1NC(=O)CN1CC(=O)NC(=O)C1. The van der Waals surface area contributed by atoms with Crippen LogP contribution in [0.3, 0.4) is 0 Å². The Hall–Kier alpha value is -2.72. The summed E-state index contributed by atoms with van der Waals surface area (Å²) >= 11 is 0. The van der Waals surface area contributed by atoms with Crippen LogP contribution in [0.2, 0.25) is 0 Å². The number of benzene rings is 1. The van der Waals surface area contributed by atoms with Gasteiger partial charge in [-0.15, -0.1) is 0 Å². The molecule has 3 amide bonds. The summed E-state index contributed by atoms with van der Waals surface area (Å²) in [6.07, 6.45) is 0. The number of carbonyl (C=O) groups excluding carboxylic acids is 3. The monoisotopic (exact) mass is 272 g/mol. The number of imide groups is 1. The van der Waals surface area contributed by atoms with Gasteiger partial charge in [-0.25, -0.2) is 0 Å². The van der Waals surface area contributed by atoms with Crippen molar-refractivity contribution in [3.8, 4) is 6.07 Å². The zero-order valence-corrected chi connectivity index (χ0v) is 10.5. The second-order valence-corrected chi connectivity index (χ2v) is 4.32. The van der Waals surface area contributed by atoms with Crippen LogP contribution in [-0.2, 0) is 14.4 Å². The molecule has 1 heterocycles. The fourth-order valence-electron chi connectivity index (χ4n) is 1.89. The fraction of sp³-hybridized carbons (Fsp3) is 0.231. The Morgan fingerprint density at radius 3 is 2.60 bits per heavy atom. The van der Waals surface area contributed by atoms with E-state index >= 15 is 0 Å². The minimum atomic E-state index is -0.425. The first-order valence-corrected chi connectivity index (χ1v) is 5.92. The molecule has 0 radical (unpaired) electrons. The standard InChI is InChI=1S/C13H12N4O3/c14-5-9-3-1-2-4-10(9)15-11(18)6-17-7-12(19)16-13(20)8-17/h1-4H,6-8H2,(H,15,18)(H,16,19,20). The van der Waals surface area contributed by atoms with Gasteiger partial charge in [0.15, 0.2) is 0 Å². The molecule has 0 aliphatic carbocycles. The molecule has 1 saturated heterocycles. The van der Waals surface area contributed by atoms with Crippen LogP contribution < -0.4 is 10.6 Å². The smallest absolute Gasteiger partial charge is 0.240 e. The lowest BCUT2D eigenvalue weighted by Crippen LogP contribution is -2.53. The lowest BCUT2D eigenvalue weighted by Gasteiger charge is -2.24. The van der Waals surface area contributed by atoms with Gasteiger partial charge in [0.2, 0.25) is 17.7 Å². The predicted molar refractivity (Wildman–Crippen MR) is 69.4 cm³/mol.